The molecule has 0 spiro atoms. The van der Waals surface area contributed by atoms with Crippen LogP contribution in [-0.4, -0.2) is 20.7 Å². The highest BCUT2D eigenvalue weighted by atomic mass is 79.9. The standard InChI is InChI=1S/C23H19BrN4O2/c24-20-14-27-28(15-20)21-8-6-19(7-9-21)23(29)26-13-18-10-11-25-22(12-18)30-16-17-4-2-1-3-5-17/h1-12,14-15H,13,16H2,(H,26,29). The Kier molecular flexibility index (Phi) is 6.20. The maximum Gasteiger partial charge on any atom is 0.251 e. The van der Waals surface area contributed by atoms with Gasteiger partial charge in [-0.3, -0.25) is 4.79 Å². The normalized spacial score (nSPS) is 10.6. The quantitative estimate of drug-likeness (QED) is 0.437. The molecule has 2 heterocycles. The van der Waals surface area contributed by atoms with Gasteiger partial charge in [0, 0.05) is 30.6 Å². The van der Waals surface area contributed by atoms with Gasteiger partial charge in [-0.2, -0.15) is 5.10 Å². The number of nitrogens with zero attached hydrogens (tertiary/aromatic N) is 3. The zero-order valence-electron chi connectivity index (χ0n) is 16.0. The molecule has 0 unspecified atom stereocenters. The van der Waals surface area contributed by atoms with Crippen molar-refractivity contribution in [3.63, 3.8) is 0 Å². The van der Waals surface area contributed by atoms with E-state index in [2.05, 4.69) is 31.3 Å². The predicted octanol–water partition coefficient (Wildman–Crippen LogP) is 4.54. The maximum absolute atomic E-state index is 12.5. The second-order valence-corrected chi connectivity index (χ2v) is 7.52. The van der Waals surface area contributed by atoms with Gasteiger partial charge >= 0.3 is 0 Å². The van der Waals surface area contributed by atoms with Gasteiger partial charge in [0.25, 0.3) is 5.91 Å². The SMILES string of the molecule is O=C(NCc1ccnc(OCc2ccccc2)c1)c1ccc(-n2cc(Br)cn2)cc1. The average molecular weight is 463 g/mol. The number of nitrogens with one attached hydrogen (secondary N) is 1. The fourth-order valence-electron chi connectivity index (χ4n) is 2.86. The third-order valence-electron chi connectivity index (χ3n) is 4.43. The summed E-state index contributed by atoms with van der Waals surface area (Å²) in [5.74, 6) is 0.382. The monoisotopic (exact) mass is 462 g/mol. The minimum absolute atomic E-state index is 0.147. The molecule has 2 aromatic heterocycles. The Hall–Kier alpha value is -3.45. The Labute approximate surface area is 182 Å². The zero-order chi connectivity index (χ0) is 20.8. The number of hydrogen-bond acceptors (Lipinski definition) is 4. The lowest BCUT2D eigenvalue weighted by Crippen LogP contribution is -2.22. The van der Waals surface area contributed by atoms with Gasteiger partial charge in [0.05, 0.1) is 16.4 Å². The van der Waals surface area contributed by atoms with E-state index in [1.165, 1.54) is 0 Å². The van der Waals surface area contributed by atoms with Crippen LogP contribution in [0.15, 0.2) is 89.8 Å². The van der Waals surface area contributed by atoms with Crippen LogP contribution in [0.3, 0.4) is 0 Å². The Bertz CT molecular complexity index is 1130. The first-order valence-electron chi connectivity index (χ1n) is 9.38. The summed E-state index contributed by atoms with van der Waals surface area (Å²) in [6, 6.07) is 20.9. The predicted molar refractivity (Wildman–Crippen MR) is 117 cm³/mol. The Morgan fingerprint density at radius 3 is 2.57 bits per heavy atom. The first-order chi connectivity index (χ1) is 14.7. The molecule has 0 radical (unpaired) electrons. The van der Waals surface area contributed by atoms with Crippen molar-refractivity contribution < 1.29 is 9.53 Å². The van der Waals surface area contributed by atoms with Crippen LogP contribution in [0.2, 0.25) is 0 Å². The molecule has 0 aliphatic carbocycles. The van der Waals surface area contributed by atoms with E-state index >= 15 is 0 Å². The fourth-order valence-corrected chi connectivity index (χ4v) is 3.15. The molecule has 0 saturated carbocycles. The van der Waals surface area contributed by atoms with Crippen molar-refractivity contribution in [2.75, 3.05) is 0 Å². The zero-order valence-corrected chi connectivity index (χ0v) is 17.6. The van der Waals surface area contributed by atoms with E-state index in [0.29, 0.717) is 24.6 Å². The second kappa shape index (κ2) is 9.37. The van der Waals surface area contributed by atoms with Gasteiger partial charge < -0.3 is 10.1 Å². The van der Waals surface area contributed by atoms with Crippen LogP contribution < -0.4 is 10.1 Å². The molecule has 1 N–H and O–H groups in total. The van der Waals surface area contributed by atoms with E-state index in [1.807, 2.05) is 60.8 Å². The van der Waals surface area contributed by atoms with Crippen molar-refractivity contribution in [2.45, 2.75) is 13.2 Å². The van der Waals surface area contributed by atoms with Crippen LogP contribution in [0.1, 0.15) is 21.5 Å². The van der Waals surface area contributed by atoms with Gasteiger partial charge in [-0.15, -0.1) is 0 Å². The van der Waals surface area contributed by atoms with Crippen molar-refractivity contribution in [1.82, 2.24) is 20.1 Å². The first-order valence-corrected chi connectivity index (χ1v) is 10.2. The molecule has 0 atom stereocenters. The van der Waals surface area contributed by atoms with E-state index in [4.69, 9.17) is 4.74 Å². The summed E-state index contributed by atoms with van der Waals surface area (Å²) in [7, 11) is 0. The number of aromatic nitrogens is 3. The van der Waals surface area contributed by atoms with Crippen molar-refractivity contribution in [3.8, 4) is 11.6 Å². The molecule has 6 nitrogen and oxygen atoms in total. The molecule has 30 heavy (non-hydrogen) atoms. The highest BCUT2D eigenvalue weighted by Gasteiger charge is 2.07. The number of halogens is 1. The van der Waals surface area contributed by atoms with Crippen LogP contribution in [-0.2, 0) is 13.2 Å². The molecule has 4 rings (SSSR count). The van der Waals surface area contributed by atoms with Crippen molar-refractivity contribution >= 4 is 21.8 Å². The van der Waals surface area contributed by atoms with E-state index in [0.717, 1.165) is 21.3 Å². The maximum atomic E-state index is 12.5. The number of benzene rings is 2. The third kappa shape index (κ3) is 5.12. The van der Waals surface area contributed by atoms with Gasteiger partial charge in [-0.05, 0) is 57.4 Å². The van der Waals surface area contributed by atoms with Crippen molar-refractivity contribution in [3.05, 3.63) is 106 Å². The molecule has 150 valence electrons. The van der Waals surface area contributed by atoms with Gasteiger partial charge in [0.2, 0.25) is 5.88 Å². The topological polar surface area (TPSA) is 69.0 Å². The van der Waals surface area contributed by atoms with E-state index in [1.54, 1.807) is 29.2 Å². The lowest BCUT2D eigenvalue weighted by molar-refractivity contribution is 0.0951. The van der Waals surface area contributed by atoms with Gasteiger partial charge in [0.1, 0.15) is 6.61 Å². The molecule has 2 aromatic carbocycles. The summed E-state index contributed by atoms with van der Waals surface area (Å²) >= 11 is 3.38. The summed E-state index contributed by atoms with van der Waals surface area (Å²) in [5.41, 5.74) is 3.45. The highest BCUT2D eigenvalue weighted by Crippen LogP contribution is 2.14. The van der Waals surface area contributed by atoms with Crippen LogP contribution in [0, 0.1) is 0 Å². The van der Waals surface area contributed by atoms with Crippen LogP contribution in [0.5, 0.6) is 5.88 Å². The molecular weight excluding hydrogens is 444 g/mol. The molecule has 0 aliphatic rings. The molecule has 0 aliphatic heterocycles. The lowest BCUT2D eigenvalue weighted by atomic mass is 10.2. The minimum atomic E-state index is -0.147. The Balaban J connectivity index is 1.33. The number of pyridine rings is 1. The molecule has 1 amide bonds. The molecule has 0 bridgehead atoms. The molecular formula is C23H19BrN4O2. The number of ether oxygens (including phenoxy) is 1. The summed E-state index contributed by atoms with van der Waals surface area (Å²) in [4.78, 5) is 16.7. The molecule has 7 heteroatoms. The van der Waals surface area contributed by atoms with Crippen LogP contribution >= 0.6 is 15.9 Å². The number of amides is 1. The highest BCUT2D eigenvalue weighted by molar-refractivity contribution is 9.10. The summed E-state index contributed by atoms with van der Waals surface area (Å²) < 4.78 is 8.38. The summed E-state index contributed by atoms with van der Waals surface area (Å²) in [6.07, 6.45) is 5.25. The number of carbonyl (C=O) groups excluding carboxylic acids is 1. The van der Waals surface area contributed by atoms with E-state index < -0.39 is 0 Å². The van der Waals surface area contributed by atoms with E-state index in [-0.39, 0.29) is 5.91 Å². The summed E-state index contributed by atoms with van der Waals surface area (Å²) in [5, 5.41) is 7.16. The molecule has 4 aromatic rings. The number of hydrogen-bond donors (Lipinski definition) is 1. The first kappa shape index (κ1) is 19.8. The number of carbonyl (C=O) groups is 1. The Morgan fingerprint density at radius 2 is 1.83 bits per heavy atom. The van der Waals surface area contributed by atoms with Crippen LogP contribution in [0.25, 0.3) is 5.69 Å². The van der Waals surface area contributed by atoms with Crippen molar-refractivity contribution in [2.24, 2.45) is 0 Å². The number of rotatable bonds is 7. The van der Waals surface area contributed by atoms with Crippen molar-refractivity contribution in [1.29, 1.82) is 0 Å². The second-order valence-electron chi connectivity index (χ2n) is 6.61. The summed E-state index contributed by atoms with van der Waals surface area (Å²) in [6.45, 7) is 0.833. The van der Waals surface area contributed by atoms with Gasteiger partial charge in [0.15, 0.2) is 0 Å². The largest absolute Gasteiger partial charge is 0.473 e. The van der Waals surface area contributed by atoms with Crippen LogP contribution in [0.4, 0.5) is 0 Å². The third-order valence-corrected chi connectivity index (χ3v) is 4.84. The van der Waals surface area contributed by atoms with Gasteiger partial charge in [-0.1, -0.05) is 30.3 Å². The molecule has 0 fully saturated rings. The molecule has 0 saturated heterocycles. The van der Waals surface area contributed by atoms with E-state index in [9.17, 15) is 4.79 Å². The fraction of sp³-hybridized carbons (Fsp3) is 0.0870. The lowest BCUT2D eigenvalue weighted by Gasteiger charge is -2.09. The average Bonchev–Trinajstić information content (AvgIpc) is 3.23. The Morgan fingerprint density at radius 1 is 1.03 bits per heavy atom. The van der Waals surface area contributed by atoms with Gasteiger partial charge in [-0.25, -0.2) is 9.67 Å². The minimum Gasteiger partial charge on any atom is -0.473 e. The smallest absolute Gasteiger partial charge is 0.251 e.